The highest BCUT2D eigenvalue weighted by atomic mass is 16.6. The lowest BCUT2D eigenvalue weighted by molar-refractivity contribution is -0.153. The lowest BCUT2D eigenvalue weighted by Crippen LogP contribution is -2.29. The van der Waals surface area contributed by atoms with Crippen molar-refractivity contribution in [1.29, 1.82) is 0 Å². The van der Waals surface area contributed by atoms with Gasteiger partial charge in [0.2, 0.25) is 0 Å². The van der Waals surface area contributed by atoms with Gasteiger partial charge in [-0.1, -0.05) is 13.0 Å². The van der Waals surface area contributed by atoms with Crippen molar-refractivity contribution in [2.75, 3.05) is 19.5 Å². The molecule has 0 aliphatic carbocycles. The second-order valence-electron chi connectivity index (χ2n) is 3.98. The molecule has 0 fully saturated rings. The summed E-state index contributed by atoms with van der Waals surface area (Å²) < 4.78 is 15.1. The molecule has 1 atom stereocenters. The zero-order valence-electron chi connectivity index (χ0n) is 11.8. The summed E-state index contributed by atoms with van der Waals surface area (Å²) in [6.07, 6.45) is -0.633. The van der Waals surface area contributed by atoms with E-state index < -0.39 is 18.0 Å². The summed E-state index contributed by atoms with van der Waals surface area (Å²) in [6.45, 7) is 3.63. The highest BCUT2D eigenvalue weighted by molar-refractivity contribution is 5.99. The summed E-state index contributed by atoms with van der Waals surface area (Å²) in [4.78, 5) is 23.8. The molecule has 1 aromatic rings. The Kier molecular flexibility index (Phi) is 5.83. The van der Waals surface area contributed by atoms with Crippen LogP contribution in [0.4, 0.5) is 5.69 Å². The van der Waals surface area contributed by atoms with Crippen LogP contribution in [-0.2, 0) is 14.3 Å². The molecule has 0 aromatic heterocycles. The van der Waals surface area contributed by atoms with Gasteiger partial charge < -0.3 is 19.9 Å². The minimum atomic E-state index is -0.952. The Labute approximate surface area is 117 Å². The molecule has 1 aromatic carbocycles. The molecule has 6 heteroatoms. The van der Waals surface area contributed by atoms with Crippen LogP contribution in [0.15, 0.2) is 18.2 Å². The normalized spacial score (nSPS) is 11.6. The summed E-state index contributed by atoms with van der Waals surface area (Å²) in [7, 11) is 1.42. The third-order valence-electron chi connectivity index (χ3n) is 2.65. The number of carbonyl (C=O) groups is 2. The number of nitrogen functional groups attached to an aromatic ring is 1. The number of hydrogen-bond acceptors (Lipinski definition) is 6. The highest BCUT2D eigenvalue weighted by Crippen LogP contribution is 2.25. The van der Waals surface area contributed by atoms with E-state index in [0.717, 1.165) is 0 Å². The molecule has 0 saturated carbocycles. The molecule has 0 saturated heterocycles. The van der Waals surface area contributed by atoms with Crippen LogP contribution in [0.2, 0.25) is 0 Å². The fraction of sp³-hybridized carbons (Fsp3) is 0.429. The number of hydrogen-bond donors (Lipinski definition) is 1. The van der Waals surface area contributed by atoms with Crippen LogP contribution in [0.5, 0.6) is 5.75 Å². The Morgan fingerprint density at radius 1 is 1.30 bits per heavy atom. The zero-order chi connectivity index (χ0) is 15.1. The predicted molar refractivity (Wildman–Crippen MR) is 73.5 cm³/mol. The monoisotopic (exact) mass is 281 g/mol. The van der Waals surface area contributed by atoms with E-state index in [4.69, 9.17) is 19.9 Å². The van der Waals surface area contributed by atoms with Crippen LogP contribution in [0, 0.1) is 0 Å². The highest BCUT2D eigenvalue weighted by Gasteiger charge is 2.26. The fourth-order valence-electron chi connectivity index (χ4n) is 1.66. The van der Waals surface area contributed by atoms with Crippen molar-refractivity contribution >= 4 is 17.6 Å². The molecule has 0 aliphatic heterocycles. The van der Waals surface area contributed by atoms with Gasteiger partial charge in [-0.05, 0) is 25.5 Å². The molecule has 6 nitrogen and oxygen atoms in total. The van der Waals surface area contributed by atoms with Gasteiger partial charge in [-0.3, -0.25) is 0 Å². The van der Waals surface area contributed by atoms with Gasteiger partial charge in [0.1, 0.15) is 11.3 Å². The second kappa shape index (κ2) is 7.37. The van der Waals surface area contributed by atoms with Crippen molar-refractivity contribution in [1.82, 2.24) is 0 Å². The lowest BCUT2D eigenvalue weighted by Gasteiger charge is -2.16. The van der Waals surface area contributed by atoms with Gasteiger partial charge in [0, 0.05) is 5.69 Å². The molecule has 20 heavy (non-hydrogen) atoms. The van der Waals surface area contributed by atoms with Crippen LogP contribution in [-0.4, -0.2) is 31.8 Å². The first-order chi connectivity index (χ1) is 9.54. The van der Waals surface area contributed by atoms with E-state index in [1.54, 1.807) is 32.0 Å². The van der Waals surface area contributed by atoms with Crippen LogP contribution in [0.1, 0.15) is 30.6 Å². The molecule has 0 amide bonds. The minimum Gasteiger partial charge on any atom is -0.496 e. The van der Waals surface area contributed by atoms with Crippen LogP contribution in [0.3, 0.4) is 0 Å². The van der Waals surface area contributed by atoms with E-state index in [1.165, 1.54) is 7.11 Å². The maximum atomic E-state index is 12.1. The number of ether oxygens (including phenoxy) is 3. The van der Waals surface area contributed by atoms with Gasteiger partial charge >= 0.3 is 11.9 Å². The minimum absolute atomic E-state index is 0.109. The Morgan fingerprint density at radius 3 is 2.55 bits per heavy atom. The van der Waals surface area contributed by atoms with Gasteiger partial charge in [-0.15, -0.1) is 0 Å². The summed E-state index contributed by atoms with van der Waals surface area (Å²) >= 11 is 0. The number of esters is 2. The van der Waals surface area contributed by atoms with E-state index in [-0.39, 0.29) is 17.9 Å². The van der Waals surface area contributed by atoms with Gasteiger partial charge in [0.25, 0.3) is 0 Å². The summed E-state index contributed by atoms with van der Waals surface area (Å²) in [5.41, 5.74) is 6.09. The Hall–Kier alpha value is -2.24. The Balaban J connectivity index is 2.93. The third-order valence-corrected chi connectivity index (χ3v) is 2.65. The molecule has 2 N–H and O–H groups in total. The molecule has 0 bridgehead atoms. The summed E-state index contributed by atoms with van der Waals surface area (Å²) in [5, 5.41) is 0. The van der Waals surface area contributed by atoms with E-state index >= 15 is 0 Å². The summed E-state index contributed by atoms with van der Waals surface area (Å²) in [6, 6.07) is 4.82. The second-order valence-corrected chi connectivity index (χ2v) is 3.98. The maximum Gasteiger partial charge on any atom is 0.347 e. The standard InChI is InChI=1S/C14H19NO5/c1-4-10(13(16)19-5-2)20-14(17)12-9(15)7-6-8-11(12)18-3/h6-8,10H,4-5,15H2,1-3H3. The number of benzene rings is 1. The average molecular weight is 281 g/mol. The van der Waals surface area contributed by atoms with Crippen molar-refractivity contribution in [3.63, 3.8) is 0 Å². The first-order valence-corrected chi connectivity index (χ1v) is 6.35. The SMILES string of the molecule is CCOC(=O)C(CC)OC(=O)c1c(N)cccc1OC. The van der Waals surface area contributed by atoms with Gasteiger partial charge in [-0.2, -0.15) is 0 Å². The fourth-order valence-corrected chi connectivity index (χ4v) is 1.66. The van der Waals surface area contributed by atoms with Gasteiger partial charge in [0.15, 0.2) is 6.10 Å². The van der Waals surface area contributed by atoms with Crippen molar-refractivity contribution < 1.29 is 23.8 Å². The molecule has 110 valence electrons. The van der Waals surface area contributed by atoms with Crippen molar-refractivity contribution in [2.24, 2.45) is 0 Å². The molecule has 0 heterocycles. The first kappa shape index (κ1) is 15.8. The van der Waals surface area contributed by atoms with E-state index in [0.29, 0.717) is 12.2 Å². The number of anilines is 1. The quantitative estimate of drug-likeness (QED) is 0.631. The van der Waals surface area contributed by atoms with Crippen molar-refractivity contribution in [3.8, 4) is 5.75 Å². The lowest BCUT2D eigenvalue weighted by atomic mass is 10.1. The van der Waals surface area contributed by atoms with E-state index in [1.807, 2.05) is 0 Å². The van der Waals surface area contributed by atoms with Gasteiger partial charge in [0.05, 0.1) is 13.7 Å². The zero-order valence-corrected chi connectivity index (χ0v) is 11.8. The molecule has 1 rings (SSSR count). The number of nitrogens with two attached hydrogens (primary N) is 1. The largest absolute Gasteiger partial charge is 0.496 e. The van der Waals surface area contributed by atoms with E-state index in [2.05, 4.69) is 0 Å². The molecular weight excluding hydrogens is 262 g/mol. The molecule has 0 radical (unpaired) electrons. The molecular formula is C14H19NO5. The predicted octanol–water partition coefficient (Wildman–Crippen LogP) is 1.78. The van der Waals surface area contributed by atoms with Crippen molar-refractivity contribution in [3.05, 3.63) is 23.8 Å². The number of carbonyl (C=O) groups excluding carboxylic acids is 2. The van der Waals surface area contributed by atoms with Crippen LogP contribution < -0.4 is 10.5 Å². The Bertz CT molecular complexity index is 486. The summed E-state index contributed by atoms with van der Waals surface area (Å²) in [5.74, 6) is -0.981. The van der Waals surface area contributed by atoms with E-state index in [9.17, 15) is 9.59 Å². The number of rotatable bonds is 6. The van der Waals surface area contributed by atoms with Crippen molar-refractivity contribution in [2.45, 2.75) is 26.4 Å². The smallest absolute Gasteiger partial charge is 0.347 e. The van der Waals surface area contributed by atoms with Crippen LogP contribution in [0.25, 0.3) is 0 Å². The molecule has 0 spiro atoms. The van der Waals surface area contributed by atoms with Crippen LogP contribution >= 0.6 is 0 Å². The maximum absolute atomic E-state index is 12.1. The van der Waals surface area contributed by atoms with Gasteiger partial charge in [-0.25, -0.2) is 9.59 Å². The topological polar surface area (TPSA) is 87.9 Å². The Morgan fingerprint density at radius 2 is 2.00 bits per heavy atom. The first-order valence-electron chi connectivity index (χ1n) is 6.35. The molecule has 1 unspecified atom stereocenters. The average Bonchev–Trinajstić information content (AvgIpc) is 2.44. The molecule has 0 aliphatic rings. The number of methoxy groups -OCH3 is 1. The third kappa shape index (κ3) is 3.63.